The Morgan fingerprint density at radius 1 is 0.923 bits per heavy atom. The molecule has 1 unspecified atom stereocenters. The van der Waals surface area contributed by atoms with Crippen molar-refractivity contribution in [2.45, 2.75) is 87.0 Å². The highest BCUT2D eigenvalue weighted by molar-refractivity contribution is 5.24. The van der Waals surface area contributed by atoms with Crippen LogP contribution in [-0.4, -0.2) is 0 Å². The summed E-state index contributed by atoms with van der Waals surface area (Å²) in [5.41, 5.74) is 5.63. The molecule has 0 aliphatic carbocycles. The van der Waals surface area contributed by atoms with Crippen LogP contribution in [0.1, 0.15) is 87.0 Å². The molecule has 26 heavy (non-hydrogen) atoms. The Hall–Kier alpha value is -1.56. The molecular weight excluding hydrogens is 312 g/mol. The van der Waals surface area contributed by atoms with Crippen molar-refractivity contribution >= 4 is 0 Å². The fourth-order valence-electron chi connectivity index (χ4n) is 3.19. The molecule has 1 atom stereocenters. The average molecular weight is 355 g/mol. The molecule has 0 aromatic heterocycles. The van der Waals surface area contributed by atoms with Crippen LogP contribution in [0.2, 0.25) is 0 Å². The second-order valence-electron chi connectivity index (χ2n) is 7.72. The van der Waals surface area contributed by atoms with E-state index in [9.17, 15) is 0 Å². The highest BCUT2D eigenvalue weighted by atomic mass is 14.3. The van der Waals surface area contributed by atoms with E-state index in [0.717, 1.165) is 19.3 Å². The Labute approximate surface area is 164 Å². The molecule has 0 nitrogen and oxygen atoms in total. The zero-order chi connectivity index (χ0) is 20.0. The molecule has 0 N–H and O–H groups in total. The van der Waals surface area contributed by atoms with E-state index in [0.29, 0.717) is 0 Å². The zero-order valence-corrected chi connectivity index (χ0v) is 18.5. The van der Waals surface area contributed by atoms with Crippen LogP contribution in [0.15, 0.2) is 71.4 Å². The maximum Gasteiger partial charge on any atom is -0.00588 e. The number of rotatable bonds is 12. The Kier molecular flexibility index (Phi) is 12.8. The SMILES string of the molecule is C=C(CC/C=C\C(C)=C/C)C(CC)(C/C=C/C(C)=C/C=C(C)C)CCC. The molecule has 0 bridgehead atoms. The van der Waals surface area contributed by atoms with Gasteiger partial charge in [-0.2, -0.15) is 0 Å². The number of allylic oxidation sites excluding steroid dienone is 11. The molecule has 0 amide bonds. The summed E-state index contributed by atoms with van der Waals surface area (Å²) in [6, 6.07) is 0. The maximum absolute atomic E-state index is 4.50. The van der Waals surface area contributed by atoms with Gasteiger partial charge in [-0.15, -0.1) is 0 Å². The van der Waals surface area contributed by atoms with E-state index < -0.39 is 0 Å². The molecular formula is C26H42. The Morgan fingerprint density at radius 3 is 2.12 bits per heavy atom. The van der Waals surface area contributed by atoms with Gasteiger partial charge >= 0.3 is 0 Å². The lowest BCUT2D eigenvalue weighted by atomic mass is 9.70. The van der Waals surface area contributed by atoms with E-state index in [4.69, 9.17) is 0 Å². The van der Waals surface area contributed by atoms with Crippen molar-refractivity contribution in [3.8, 4) is 0 Å². The summed E-state index contributed by atoms with van der Waals surface area (Å²) in [6.07, 6.45) is 22.5. The molecule has 0 saturated carbocycles. The Morgan fingerprint density at radius 2 is 1.58 bits per heavy atom. The third-order valence-electron chi connectivity index (χ3n) is 5.17. The van der Waals surface area contributed by atoms with Gasteiger partial charge in [-0.05, 0) is 72.1 Å². The van der Waals surface area contributed by atoms with E-state index in [1.54, 1.807) is 0 Å². The summed E-state index contributed by atoms with van der Waals surface area (Å²) in [7, 11) is 0. The molecule has 0 spiro atoms. The summed E-state index contributed by atoms with van der Waals surface area (Å²) in [5, 5.41) is 0. The maximum atomic E-state index is 4.50. The van der Waals surface area contributed by atoms with Crippen LogP contribution in [0, 0.1) is 5.41 Å². The van der Waals surface area contributed by atoms with Crippen LogP contribution >= 0.6 is 0 Å². The second kappa shape index (κ2) is 13.6. The molecule has 0 heteroatoms. The van der Waals surface area contributed by atoms with Crippen molar-refractivity contribution in [2.24, 2.45) is 5.41 Å². The third-order valence-corrected chi connectivity index (χ3v) is 5.17. The predicted molar refractivity (Wildman–Crippen MR) is 122 cm³/mol. The van der Waals surface area contributed by atoms with Gasteiger partial charge in [0.15, 0.2) is 0 Å². The molecule has 0 aliphatic heterocycles. The Bertz CT molecular complexity index is 559. The monoisotopic (exact) mass is 354 g/mol. The molecule has 0 aromatic rings. The standard InChI is InChI=1S/C26H42/c1-9-20-26(11-3,21-14-16-24(7)19-18-22(4)5)25(8)17-13-12-15-23(6)10-2/h10,12,14-16,18-19H,8-9,11,13,17,20-21H2,1-7H3/b15-12-,16-14+,23-10-,24-19+. The summed E-state index contributed by atoms with van der Waals surface area (Å²) in [5.74, 6) is 0. The van der Waals surface area contributed by atoms with Crippen LogP contribution in [0.3, 0.4) is 0 Å². The van der Waals surface area contributed by atoms with Gasteiger partial charge in [-0.3, -0.25) is 0 Å². The molecule has 0 heterocycles. The lowest BCUT2D eigenvalue weighted by molar-refractivity contribution is 0.304. The average Bonchev–Trinajstić information content (AvgIpc) is 2.62. The van der Waals surface area contributed by atoms with Crippen molar-refractivity contribution < 1.29 is 0 Å². The van der Waals surface area contributed by atoms with Crippen LogP contribution in [-0.2, 0) is 0 Å². The van der Waals surface area contributed by atoms with Gasteiger partial charge in [0.1, 0.15) is 0 Å². The van der Waals surface area contributed by atoms with Crippen molar-refractivity contribution in [1.29, 1.82) is 0 Å². The van der Waals surface area contributed by atoms with Crippen molar-refractivity contribution in [3.05, 3.63) is 71.4 Å². The van der Waals surface area contributed by atoms with E-state index in [-0.39, 0.29) is 5.41 Å². The lowest BCUT2D eigenvalue weighted by Gasteiger charge is -2.34. The minimum atomic E-state index is 0.242. The normalized spacial score (nSPS) is 15.5. The molecule has 0 radical (unpaired) electrons. The molecule has 146 valence electrons. The highest BCUT2D eigenvalue weighted by Gasteiger charge is 2.28. The quantitative estimate of drug-likeness (QED) is 0.242. The van der Waals surface area contributed by atoms with Gasteiger partial charge in [-0.1, -0.05) is 91.7 Å². The van der Waals surface area contributed by atoms with Crippen molar-refractivity contribution in [2.75, 3.05) is 0 Å². The van der Waals surface area contributed by atoms with Crippen LogP contribution in [0.4, 0.5) is 0 Å². The number of hydrogen-bond donors (Lipinski definition) is 0. The smallest absolute Gasteiger partial charge is 0.00588 e. The summed E-state index contributed by atoms with van der Waals surface area (Å²) in [6.45, 7) is 19.8. The van der Waals surface area contributed by atoms with Crippen LogP contribution < -0.4 is 0 Å². The van der Waals surface area contributed by atoms with Gasteiger partial charge in [-0.25, -0.2) is 0 Å². The fraction of sp³-hybridized carbons (Fsp3) is 0.538. The first kappa shape index (κ1) is 24.4. The minimum absolute atomic E-state index is 0.242. The molecule has 0 saturated heterocycles. The van der Waals surface area contributed by atoms with Gasteiger partial charge in [0.2, 0.25) is 0 Å². The van der Waals surface area contributed by atoms with E-state index in [1.165, 1.54) is 41.6 Å². The largest absolute Gasteiger partial charge is 0.0993 e. The summed E-state index contributed by atoms with van der Waals surface area (Å²) < 4.78 is 0. The van der Waals surface area contributed by atoms with Gasteiger partial charge in [0.05, 0.1) is 0 Å². The summed E-state index contributed by atoms with van der Waals surface area (Å²) in [4.78, 5) is 0. The molecule has 0 aromatic carbocycles. The molecule has 0 aliphatic rings. The first-order valence-corrected chi connectivity index (χ1v) is 10.3. The number of hydrogen-bond acceptors (Lipinski definition) is 0. The topological polar surface area (TPSA) is 0 Å². The van der Waals surface area contributed by atoms with Crippen molar-refractivity contribution in [1.82, 2.24) is 0 Å². The second-order valence-corrected chi connectivity index (χ2v) is 7.72. The van der Waals surface area contributed by atoms with E-state index in [1.807, 2.05) is 0 Å². The first-order valence-electron chi connectivity index (χ1n) is 10.3. The zero-order valence-electron chi connectivity index (χ0n) is 18.5. The third kappa shape index (κ3) is 9.80. The molecule has 0 fully saturated rings. The fourth-order valence-corrected chi connectivity index (χ4v) is 3.19. The van der Waals surface area contributed by atoms with Gasteiger partial charge < -0.3 is 0 Å². The first-order chi connectivity index (χ1) is 12.3. The lowest BCUT2D eigenvalue weighted by Crippen LogP contribution is -2.21. The predicted octanol–water partition coefficient (Wildman–Crippen LogP) is 8.90. The van der Waals surface area contributed by atoms with E-state index in [2.05, 4.69) is 97.6 Å². The van der Waals surface area contributed by atoms with E-state index >= 15 is 0 Å². The van der Waals surface area contributed by atoms with Gasteiger partial charge in [0, 0.05) is 0 Å². The van der Waals surface area contributed by atoms with Crippen LogP contribution in [0.25, 0.3) is 0 Å². The van der Waals surface area contributed by atoms with Crippen LogP contribution in [0.5, 0.6) is 0 Å². The van der Waals surface area contributed by atoms with Gasteiger partial charge in [0.25, 0.3) is 0 Å². The Balaban J connectivity index is 5.02. The van der Waals surface area contributed by atoms with Crippen molar-refractivity contribution in [3.63, 3.8) is 0 Å². The minimum Gasteiger partial charge on any atom is -0.0993 e. The highest BCUT2D eigenvalue weighted by Crippen LogP contribution is 2.41. The summed E-state index contributed by atoms with van der Waals surface area (Å²) >= 11 is 0. The molecule has 0 rings (SSSR count).